The Bertz CT molecular complexity index is 1160. The second-order valence-corrected chi connectivity index (χ2v) is 7.37. The van der Waals surface area contributed by atoms with Gasteiger partial charge in [0.05, 0.1) is 28.6 Å². The molecular formula is C20H17ClFN5. The number of halogens is 2. The summed E-state index contributed by atoms with van der Waals surface area (Å²) in [4.78, 5) is 8.73. The Morgan fingerprint density at radius 1 is 1.26 bits per heavy atom. The first-order chi connectivity index (χ1) is 13.1. The maximum absolute atomic E-state index is 14.7. The molecule has 2 heterocycles. The predicted molar refractivity (Wildman–Crippen MR) is 107 cm³/mol. The number of nitrogens with one attached hydrogen (secondary N) is 1. The molecule has 0 spiro atoms. The maximum Gasteiger partial charge on any atom is 0.150 e. The molecule has 5 rings (SSSR count). The Kier molecular flexibility index (Phi) is 3.68. The number of nitrogens with two attached hydrogens (primary N) is 1. The summed E-state index contributed by atoms with van der Waals surface area (Å²) in [6.45, 7) is 0.894. The van der Waals surface area contributed by atoms with Gasteiger partial charge in [0.2, 0.25) is 0 Å². The molecule has 1 fully saturated rings. The van der Waals surface area contributed by atoms with Gasteiger partial charge in [0.25, 0.3) is 0 Å². The van der Waals surface area contributed by atoms with Crippen molar-refractivity contribution in [1.82, 2.24) is 14.4 Å². The standard InChI is InChI=1S/C20H17ClFN5/c21-14-2-1-3-15(22)18(14)13-6-12(25-8-11-4-5-11)7-16-19(13)26-20(23)17-9-24-10-27(16)17/h1-3,6-7,9-11,25H,4-5,8H2,(H2,23,26). The quantitative estimate of drug-likeness (QED) is 0.535. The zero-order chi connectivity index (χ0) is 18.5. The molecule has 7 heteroatoms. The summed E-state index contributed by atoms with van der Waals surface area (Å²) < 4.78 is 16.6. The van der Waals surface area contributed by atoms with Crippen molar-refractivity contribution in [2.75, 3.05) is 17.6 Å². The van der Waals surface area contributed by atoms with E-state index in [9.17, 15) is 4.39 Å². The summed E-state index contributed by atoms with van der Waals surface area (Å²) in [5, 5.41) is 3.80. The van der Waals surface area contributed by atoms with Gasteiger partial charge < -0.3 is 11.1 Å². The highest BCUT2D eigenvalue weighted by molar-refractivity contribution is 6.33. The van der Waals surface area contributed by atoms with Crippen molar-refractivity contribution in [3.05, 3.63) is 53.7 Å². The summed E-state index contributed by atoms with van der Waals surface area (Å²) in [5.74, 6) is 0.653. The first-order valence-electron chi connectivity index (χ1n) is 8.85. The molecule has 2 aromatic carbocycles. The van der Waals surface area contributed by atoms with Gasteiger partial charge >= 0.3 is 0 Å². The highest BCUT2D eigenvalue weighted by Gasteiger charge is 2.22. The van der Waals surface area contributed by atoms with Crippen LogP contribution in [0.5, 0.6) is 0 Å². The minimum absolute atomic E-state index is 0.325. The van der Waals surface area contributed by atoms with Crippen LogP contribution < -0.4 is 11.1 Å². The number of nitrogens with zero attached hydrogens (tertiary/aromatic N) is 3. The Morgan fingerprint density at radius 2 is 2.11 bits per heavy atom. The molecule has 136 valence electrons. The molecule has 4 aromatic rings. The van der Waals surface area contributed by atoms with Crippen LogP contribution in [-0.4, -0.2) is 20.9 Å². The lowest BCUT2D eigenvalue weighted by atomic mass is 10.0. The van der Waals surface area contributed by atoms with Gasteiger partial charge in [-0.2, -0.15) is 0 Å². The molecule has 0 atom stereocenters. The molecule has 0 bridgehead atoms. The van der Waals surface area contributed by atoms with E-state index in [0.717, 1.165) is 17.7 Å². The second-order valence-electron chi connectivity index (χ2n) is 6.96. The number of rotatable bonds is 4. The minimum Gasteiger partial charge on any atom is -0.385 e. The third-order valence-electron chi connectivity index (χ3n) is 5.01. The van der Waals surface area contributed by atoms with Crippen molar-refractivity contribution in [1.29, 1.82) is 0 Å². The minimum atomic E-state index is -0.394. The van der Waals surface area contributed by atoms with Gasteiger partial charge in [-0.15, -0.1) is 0 Å². The number of imidazole rings is 1. The fraction of sp³-hybridized carbons (Fsp3) is 0.200. The van der Waals surface area contributed by atoms with E-state index >= 15 is 0 Å². The van der Waals surface area contributed by atoms with Gasteiger partial charge in [0.1, 0.15) is 17.2 Å². The molecule has 3 N–H and O–H groups in total. The largest absolute Gasteiger partial charge is 0.385 e. The molecule has 0 unspecified atom stereocenters. The topological polar surface area (TPSA) is 68.2 Å². The van der Waals surface area contributed by atoms with E-state index in [1.54, 1.807) is 24.7 Å². The zero-order valence-electron chi connectivity index (χ0n) is 14.4. The number of benzene rings is 2. The molecule has 5 nitrogen and oxygen atoms in total. The number of aromatic nitrogens is 3. The van der Waals surface area contributed by atoms with Crippen LogP contribution in [0.3, 0.4) is 0 Å². The molecule has 1 aliphatic rings. The van der Waals surface area contributed by atoms with Crippen LogP contribution in [0.4, 0.5) is 15.9 Å². The Balaban J connectivity index is 1.82. The number of fused-ring (bicyclic) bond motifs is 3. The van der Waals surface area contributed by atoms with E-state index in [0.29, 0.717) is 38.9 Å². The summed E-state index contributed by atoms with van der Waals surface area (Å²) in [5.41, 5.74) is 10.0. The van der Waals surface area contributed by atoms with Crippen LogP contribution in [0.15, 0.2) is 42.9 Å². The Morgan fingerprint density at radius 3 is 2.89 bits per heavy atom. The van der Waals surface area contributed by atoms with Crippen molar-refractivity contribution in [3.63, 3.8) is 0 Å². The fourth-order valence-electron chi connectivity index (χ4n) is 3.41. The molecule has 1 saturated carbocycles. The number of anilines is 2. The molecular weight excluding hydrogens is 365 g/mol. The van der Waals surface area contributed by atoms with Crippen LogP contribution in [0.1, 0.15) is 12.8 Å². The van der Waals surface area contributed by atoms with Crippen LogP contribution in [0.2, 0.25) is 5.02 Å². The third kappa shape index (κ3) is 2.77. The average Bonchev–Trinajstić information content (AvgIpc) is 3.34. The number of hydrogen-bond donors (Lipinski definition) is 2. The predicted octanol–water partition coefficient (Wildman–Crippen LogP) is 4.75. The maximum atomic E-state index is 14.7. The lowest BCUT2D eigenvalue weighted by Gasteiger charge is -2.15. The van der Waals surface area contributed by atoms with Crippen LogP contribution in [0.25, 0.3) is 27.7 Å². The summed E-state index contributed by atoms with van der Waals surface area (Å²) >= 11 is 6.35. The van der Waals surface area contributed by atoms with Gasteiger partial charge in [-0.25, -0.2) is 14.4 Å². The summed E-state index contributed by atoms with van der Waals surface area (Å²) in [6, 6.07) is 8.56. The van der Waals surface area contributed by atoms with E-state index in [-0.39, 0.29) is 0 Å². The second kappa shape index (κ2) is 6.09. The van der Waals surface area contributed by atoms with E-state index in [4.69, 9.17) is 17.3 Å². The van der Waals surface area contributed by atoms with Crippen molar-refractivity contribution < 1.29 is 4.39 Å². The summed E-state index contributed by atoms with van der Waals surface area (Å²) in [6.07, 6.45) is 5.85. The average molecular weight is 382 g/mol. The normalized spacial score (nSPS) is 14.1. The third-order valence-corrected chi connectivity index (χ3v) is 5.32. The molecule has 1 aliphatic carbocycles. The van der Waals surface area contributed by atoms with E-state index in [1.807, 2.05) is 16.5 Å². The van der Waals surface area contributed by atoms with Crippen LogP contribution >= 0.6 is 11.6 Å². The summed E-state index contributed by atoms with van der Waals surface area (Å²) in [7, 11) is 0. The van der Waals surface area contributed by atoms with Gasteiger partial charge in [-0.05, 0) is 43.0 Å². The fourth-order valence-corrected chi connectivity index (χ4v) is 3.67. The first-order valence-corrected chi connectivity index (χ1v) is 9.23. The van der Waals surface area contributed by atoms with Gasteiger partial charge in [0, 0.05) is 23.4 Å². The SMILES string of the molecule is Nc1nc2c(-c3c(F)cccc3Cl)cc(NCC3CC3)cc2n2cncc12. The Hall–Kier alpha value is -2.86. The first kappa shape index (κ1) is 16.3. The van der Waals surface area contributed by atoms with Crippen LogP contribution in [-0.2, 0) is 0 Å². The highest BCUT2D eigenvalue weighted by Crippen LogP contribution is 2.38. The van der Waals surface area contributed by atoms with E-state index in [1.165, 1.54) is 18.9 Å². The highest BCUT2D eigenvalue weighted by atomic mass is 35.5. The molecule has 0 radical (unpaired) electrons. The van der Waals surface area contributed by atoms with Crippen molar-refractivity contribution in [3.8, 4) is 11.1 Å². The molecule has 2 aromatic heterocycles. The van der Waals surface area contributed by atoms with Gasteiger partial charge in [-0.3, -0.25) is 4.40 Å². The number of hydrogen-bond acceptors (Lipinski definition) is 4. The van der Waals surface area contributed by atoms with Gasteiger partial charge in [-0.1, -0.05) is 17.7 Å². The van der Waals surface area contributed by atoms with Crippen molar-refractivity contribution in [2.24, 2.45) is 5.92 Å². The zero-order valence-corrected chi connectivity index (χ0v) is 15.2. The van der Waals surface area contributed by atoms with E-state index < -0.39 is 5.82 Å². The molecule has 27 heavy (non-hydrogen) atoms. The molecule has 0 amide bonds. The lowest BCUT2D eigenvalue weighted by Crippen LogP contribution is -2.05. The Labute approximate surface area is 160 Å². The molecule has 0 aliphatic heterocycles. The smallest absolute Gasteiger partial charge is 0.150 e. The van der Waals surface area contributed by atoms with Crippen LogP contribution in [0, 0.1) is 11.7 Å². The number of nitrogen functional groups attached to an aromatic ring is 1. The van der Waals surface area contributed by atoms with Crippen molar-refractivity contribution >= 4 is 39.7 Å². The van der Waals surface area contributed by atoms with E-state index in [2.05, 4.69) is 15.3 Å². The molecule has 0 saturated heterocycles. The van der Waals surface area contributed by atoms with Crippen molar-refractivity contribution in [2.45, 2.75) is 12.8 Å². The van der Waals surface area contributed by atoms with Gasteiger partial charge in [0.15, 0.2) is 0 Å². The monoisotopic (exact) mass is 381 g/mol. The lowest BCUT2D eigenvalue weighted by molar-refractivity contribution is 0.631.